The third-order valence-corrected chi connectivity index (χ3v) is 7.94. The van der Waals surface area contributed by atoms with Gasteiger partial charge in [-0.3, -0.25) is 29.0 Å². The number of rotatable bonds is 8. The Morgan fingerprint density at radius 1 is 0.475 bits per heavy atom. The average Bonchev–Trinajstić information content (AvgIpc) is 2.97. The molecule has 0 aliphatic carbocycles. The van der Waals surface area contributed by atoms with Gasteiger partial charge in [0, 0.05) is 46.2 Å². The van der Waals surface area contributed by atoms with Crippen LogP contribution in [-0.4, -0.2) is 60.1 Å². The molecule has 2 aliphatic rings. The lowest BCUT2D eigenvalue weighted by molar-refractivity contribution is 0.0207. The molecule has 0 unspecified atom stereocenters. The van der Waals surface area contributed by atoms with Crippen molar-refractivity contribution in [1.29, 1.82) is 0 Å². The number of hydrogen-bond donors (Lipinski definition) is 0. The fourth-order valence-electron chi connectivity index (χ4n) is 6.20. The Bertz CT molecular complexity index is 1670. The van der Waals surface area contributed by atoms with Crippen molar-refractivity contribution in [1.82, 2.24) is 9.80 Å². The van der Waals surface area contributed by atoms with Crippen LogP contribution in [0.4, 0.5) is 0 Å². The first-order valence-electron chi connectivity index (χ1n) is 13.6. The predicted octanol–water partition coefficient (Wildman–Crippen LogP) is 5.70. The number of amides is 4. The standard InChI is InChI=1S/C32H26N2O6/c1-3-13-39-15-33-29(35)21-9-5-17-19-7-11-23-28-24(32(38)34(31(23)37)16-40-14-4-2)12-8-20(26(19)28)18-6-10-22(30(33)36)27(21)25(17)18/h5-12H,3-4,13-16H2,1-2H3. The summed E-state index contributed by atoms with van der Waals surface area (Å²) in [4.78, 5) is 56.1. The molecule has 8 nitrogen and oxygen atoms in total. The second-order valence-electron chi connectivity index (χ2n) is 10.3. The van der Waals surface area contributed by atoms with Crippen LogP contribution in [0.5, 0.6) is 0 Å². The van der Waals surface area contributed by atoms with Crippen LogP contribution in [0.2, 0.25) is 0 Å². The summed E-state index contributed by atoms with van der Waals surface area (Å²) in [6.07, 6.45) is 1.57. The third kappa shape index (κ3) is 3.20. The van der Waals surface area contributed by atoms with Gasteiger partial charge in [-0.15, -0.1) is 0 Å². The highest BCUT2D eigenvalue weighted by molar-refractivity contribution is 6.41. The fraction of sp³-hybridized carbons (Fsp3) is 0.250. The van der Waals surface area contributed by atoms with E-state index in [1.165, 1.54) is 0 Å². The minimum absolute atomic E-state index is 0.0911. The van der Waals surface area contributed by atoms with Gasteiger partial charge in [0.1, 0.15) is 13.5 Å². The van der Waals surface area contributed by atoms with Crippen molar-refractivity contribution in [2.75, 3.05) is 26.7 Å². The summed E-state index contributed by atoms with van der Waals surface area (Å²) in [6, 6.07) is 14.6. The Kier molecular flexibility index (Phi) is 5.59. The zero-order valence-electron chi connectivity index (χ0n) is 22.2. The number of carbonyl (C=O) groups excluding carboxylic acids is 4. The minimum atomic E-state index is -0.380. The first-order valence-corrected chi connectivity index (χ1v) is 13.6. The molecule has 0 saturated carbocycles. The van der Waals surface area contributed by atoms with E-state index in [-0.39, 0.29) is 37.1 Å². The van der Waals surface area contributed by atoms with Crippen molar-refractivity contribution in [2.45, 2.75) is 26.7 Å². The van der Waals surface area contributed by atoms with Gasteiger partial charge in [0.15, 0.2) is 0 Å². The minimum Gasteiger partial charge on any atom is -0.361 e. The summed E-state index contributed by atoms with van der Waals surface area (Å²) in [6.45, 7) is 4.66. The maximum Gasteiger partial charge on any atom is 0.263 e. The van der Waals surface area contributed by atoms with Gasteiger partial charge in [0.05, 0.1) is 0 Å². The molecule has 200 valence electrons. The molecule has 4 amide bonds. The molecule has 7 rings (SSSR count). The maximum atomic E-state index is 13.4. The number of carbonyl (C=O) groups is 4. The number of hydrogen-bond acceptors (Lipinski definition) is 6. The molecule has 0 atom stereocenters. The molecule has 0 N–H and O–H groups in total. The number of imide groups is 2. The summed E-state index contributed by atoms with van der Waals surface area (Å²) in [5, 5.41) is 6.33. The predicted molar refractivity (Wildman–Crippen MR) is 151 cm³/mol. The van der Waals surface area contributed by atoms with E-state index in [1.54, 1.807) is 24.3 Å². The molecule has 0 aromatic heterocycles. The van der Waals surface area contributed by atoms with Gasteiger partial charge in [-0.2, -0.15) is 0 Å². The summed E-state index contributed by atoms with van der Waals surface area (Å²) < 4.78 is 11.1. The Hall–Kier alpha value is -4.40. The molecule has 0 saturated heterocycles. The van der Waals surface area contributed by atoms with Crippen molar-refractivity contribution < 1.29 is 28.7 Å². The van der Waals surface area contributed by atoms with Crippen LogP contribution in [0.25, 0.3) is 43.1 Å². The molecular weight excluding hydrogens is 508 g/mol. The van der Waals surface area contributed by atoms with Crippen LogP contribution in [0.15, 0.2) is 48.5 Å². The summed E-state index contributed by atoms with van der Waals surface area (Å²) >= 11 is 0. The molecule has 5 aromatic carbocycles. The number of benzene rings is 5. The number of ether oxygens (including phenoxy) is 2. The molecule has 0 fully saturated rings. The maximum absolute atomic E-state index is 13.4. The fourth-order valence-corrected chi connectivity index (χ4v) is 6.20. The zero-order valence-corrected chi connectivity index (χ0v) is 22.2. The highest BCUT2D eigenvalue weighted by Gasteiger charge is 2.36. The second kappa shape index (κ2) is 9.08. The smallest absolute Gasteiger partial charge is 0.263 e. The third-order valence-electron chi connectivity index (χ3n) is 7.94. The van der Waals surface area contributed by atoms with Crippen molar-refractivity contribution >= 4 is 66.7 Å². The van der Waals surface area contributed by atoms with Gasteiger partial charge < -0.3 is 9.47 Å². The van der Waals surface area contributed by atoms with E-state index in [2.05, 4.69) is 0 Å². The summed E-state index contributed by atoms with van der Waals surface area (Å²) in [5.41, 5.74) is 1.82. The summed E-state index contributed by atoms with van der Waals surface area (Å²) in [7, 11) is 0. The Morgan fingerprint density at radius 3 is 1.05 bits per heavy atom. The second-order valence-corrected chi connectivity index (χ2v) is 10.3. The van der Waals surface area contributed by atoms with Gasteiger partial charge in [-0.25, -0.2) is 0 Å². The summed E-state index contributed by atoms with van der Waals surface area (Å²) in [5.74, 6) is -1.52. The lowest BCUT2D eigenvalue weighted by Gasteiger charge is -2.29. The van der Waals surface area contributed by atoms with E-state index in [1.807, 2.05) is 38.1 Å². The van der Waals surface area contributed by atoms with Gasteiger partial charge in [-0.05, 0) is 69.4 Å². The molecule has 8 heteroatoms. The van der Waals surface area contributed by atoms with Crippen LogP contribution in [-0.2, 0) is 9.47 Å². The normalized spacial score (nSPS) is 15.2. The SMILES string of the molecule is CCCOCN1C(=O)c2ccc3c4ccc5c6c(ccc(c7ccc(c2c37)C1=O)c64)C(=O)N(COCCC)C5=O. The van der Waals surface area contributed by atoms with Crippen LogP contribution >= 0.6 is 0 Å². The van der Waals surface area contributed by atoms with Crippen molar-refractivity contribution in [3.05, 3.63) is 70.8 Å². The molecule has 2 aliphatic heterocycles. The first kappa shape index (κ1) is 24.6. The van der Waals surface area contributed by atoms with E-state index >= 15 is 0 Å². The Labute approximate surface area is 229 Å². The topological polar surface area (TPSA) is 93.2 Å². The van der Waals surface area contributed by atoms with E-state index in [0.29, 0.717) is 46.2 Å². The van der Waals surface area contributed by atoms with E-state index in [9.17, 15) is 19.2 Å². The van der Waals surface area contributed by atoms with Crippen molar-refractivity contribution in [2.24, 2.45) is 0 Å². The van der Waals surface area contributed by atoms with Crippen LogP contribution in [0.3, 0.4) is 0 Å². The van der Waals surface area contributed by atoms with Crippen molar-refractivity contribution in [3.63, 3.8) is 0 Å². The number of fused-ring (bicyclic) bond motifs is 2. The highest BCUT2D eigenvalue weighted by Crippen LogP contribution is 2.46. The van der Waals surface area contributed by atoms with Gasteiger partial charge in [-0.1, -0.05) is 38.1 Å². The molecular formula is C32H26N2O6. The highest BCUT2D eigenvalue weighted by atomic mass is 16.5. The van der Waals surface area contributed by atoms with Crippen LogP contribution < -0.4 is 0 Å². The molecule has 2 heterocycles. The molecule has 0 radical (unpaired) electrons. The molecule has 5 aromatic rings. The zero-order chi connectivity index (χ0) is 27.7. The first-order chi connectivity index (χ1) is 19.5. The monoisotopic (exact) mass is 534 g/mol. The average molecular weight is 535 g/mol. The lowest BCUT2D eigenvalue weighted by Crippen LogP contribution is -2.42. The molecule has 0 bridgehead atoms. The quantitative estimate of drug-likeness (QED) is 0.110. The van der Waals surface area contributed by atoms with E-state index in [4.69, 9.17) is 9.47 Å². The van der Waals surface area contributed by atoms with Crippen LogP contribution in [0.1, 0.15) is 68.1 Å². The molecule has 0 spiro atoms. The Balaban J connectivity index is 1.47. The largest absolute Gasteiger partial charge is 0.361 e. The van der Waals surface area contributed by atoms with Gasteiger partial charge in [0.25, 0.3) is 23.6 Å². The Morgan fingerprint density at radius 2 is 0.775 bits per heavy atom. The van der Waals surface area contributed by atoms with Crippen molar-refractivity contribution in [3.8, 4) is 0 Å². The van der Waals surface area contributed by atoms with Crippen LogP contribution in [0, 0.1) is 0 Å². The van der Waals surface area contributed by atoms with Gasteiger partial charge >= 0.3 is 0 Å². The van der Waals surface area contributed by atoms with Gasteiger partial charge in [0.2, 0.25) is 0 Å². The molecule has 40 heavy (non-hydrogen) atoms. The van der Waals surface area contributed by atoms with E-state index in [0.717, 1.165) is 55.0 Å². The number of nitrogens with zero attached hydrogens (tertiary/aromatic N) is 2. The van der Waals surface area contributed by atoms with E-state index < -0.39 is 0 Å². The lowest BCUT2D eigenvalue weighted by atomic mass is 9.82.